The van der Waals surface area contributed by atoms with Crippen LogP contribution in [0, 0.1) is 5.82 Å². The predicted molar refractivity (Wildman–Crippen MR) is 46.9 cm³/mol. The average Bonchev–Trinajstić information content (AvgIpc) is 2.46. The lowest BCUT2D eigenvalue weighted by Crippen LogP contribution is -2.14. The maximum absolute atomic E-state index is 13.2. The molecule has 1 amide bonds. The molecule has 0 saturated carbocycles. The summed E-state index contributed by atoms with van der Waals surface area (Å²) in [5.41, 5.74) is 5.34. The number of hydrogen-bond acceptors (Lipinski definition) is 3. The van der Waals surface area contributed by atoms with Crippen molar-refractivity contribution in [2.75, 3.05) is 0 Å². The Bertz CT molecular complexity index is 417. The van der Waals surface area contributed by atoms with Crippen molar-refractivity contribution >= 4 is 11.9 Å². The number of halogens is 1. The van der Waals surface area contributed by atoms with E-state index in [9.17, 15) is 9.18 Å². The van der Waals surface area contributed by atoms with Crippen LogP contribution in [0.3, 0.4) is 0 Å². The monoisotopic (exact) mass is 194 g/mol. The molecular formula is C9H7FN2O2. The highest BCUT2D eigenvalue weighted by Gasteiger charge is 2.31. The van der Waals surface area contributed by atoms with Crippen molar-refractivity contribution in [1.29, 1.82) is 0 Å². The topological polar surface area (TPSA) is 64.7 Å². The summed E-state index contributed by atoms with van der Waals surface area (Å²) in [6.07, 6.45) is -1.03. The highest BCUT2D eigenvalue weighted by atomic mass is 19.1. The molecule has 0 aliphatic carbocycles. The first-order chi connectivity index (χ1) is 6.68. The molecule has 0 aromatic heterocycles. The van der Waals surface area contributed by atoms with Crippen molar-refractivity contribution in [1.82, 2.24) is 0 Å². The van der Waals surface area contributed by atoms with Crippen molar-refractivity contribution in [2.24, 2.45) is 10.7 Å². The molecule has 2 rings (SSSR count). The maximum atomic E-state index is 13.2. The van der Waals surface area contributed by atoms with E-state index < -0.39 is 17.8 Å². The molecule has 5 heteroatoms. The zero-order valence-corrected chi connectivity index (χ0v) is 7.11. The molecule has 1 aliphatic heterocycles. The second kappa shape index (κ2) is 3.10. The Kier molecular flexibility index (Phi) is 1.92. The minimum Gasteiger partial charge on any atom is -0.446 e. The van der Waals surface area contributed by atoms with Gasteiger partial charge in [-0.25, -0.2) is 4.39 Å². The fourth-order valence-corrected chi connectivity index (χ4v) is 1.25. The molecular weight excluding hydrogens is 187 g/mol. The van der Waals surface area contributed by atoms with Crippen LogP contribution in [-0.2, 0) is 9.53 Å². The smallest absolute Gasteiger partial charge is 0.296 e. The fraction of sp³-hybridized carbons (Fsp3) is 0.111. The lowest BCUT2D eigenvalue weighted by molar-refractivity contribution is -0.123. The zero-order chi connectivity index (χ0) is 10.1. The molecule has 1 unspecified atom stereocenters. The van der Waals surface area contributed by atoms with Crippen LogP contribution in [0.25, 0.3) is 0 Å². The summed E-state index contributed by atoms with van der Waals surface area (Å²) in [5.74, 6) is -1.08. The van der Waals surface area contributed by atoms with Crippen LogP contribution in [0.2, 0.25) is 0 Å². The maximum Gasteiger partial charge on any atom is 0.296 e. The molecule has 1 aromatic rings. The van der Waals surface area contributed by atoms with E-state index in [-0.39, 0.29) is 11.6 Å². The summed E-state index contributed by atoms with van der Waals surface area (Å²) in [5, 5.41) is 0. The summed E-state index contributed by atoms with van der Waals surface area (Å²) >= 11 is 0. The van der Waals surface area contributed by atoms with E-state index in [0.717, 1.165) is 0 Å². The van der Waals surface area contributed by atoms with E-state index in [1.165, 1.54) is 18.2 Å². The van der Waals surface area contributed by atoms with E-state index in [2.05, 4.69) is 4.99 Å². The van der Waals surface area contributed by atoms with E-state index in [4.69, 9.17) is 10.5 Å². The largest absolute Gasteiger partial charge is 0.446 e. The third kappa shape index (κ3) is 1.32. The molecule has 0 radical (unpaired) electrons. The highest BCUT2D eigenvalue weighted by molar-refractivity contribution is 5.98. The molecule has 0 bridgehead atoms. The lowest BCUT2D eigenvalue weighted by atomic mass is 10.1. The molecule has 1 aromatic carbocycles. The summed E-state index contributed by atoms with van der Waals surface area (Å²) < 4.78 is 18.1. The molecule has 1 heterocycles. The van der Waals surface area contributed by atoms with Crippen molar-refractivity contribution in [3.63, 3.8) is 0 Å². The predicted octanol–water partition coefficient (Wildman–Crippen LogP) is 0.738. The summed E-state index contributed by atoms with van der Waals surface area (Å²) in [6.45, 7) is 0. The van der Waals surface area contributed by atoms with Gasteiger partial charge in [-0.2, -0.15) is 4.99 Å². The molecule has 1 atom stereocenters. The van der Waals surface area contributed by atoms with Gasteiger partial charge in [0.1, 0.15) is 5.82 Å². The first-order valence-electron chi connectivity index (χ1n) is 3.97. The number of aliphatic imine (C=N–C) groups is 1. The number of amidine groups is 1. The second-order valence-corrected chi connectivity index (χ2v) is 2.81. The van der Waals surface area contributed by atoms with Gasteiger partial charge in [0, 0.05) is 5.56 Å². The Balaban J connectivity index is 2.35. The SMILES string of the molecule is NC1=NC(=O)C(c2ccccc2F)O1. The number of rotatable bonds is 1. The number of nitrogens with zero attached hydrogens (tertiary/aromatic N) is 1. The highest BCUT2D eigenvalue weighted by Crippen LogP contribution is 2.25. The standard InChI is InChI=1S/C9H7FN2O2/c10-6-4-2-1-3-5(6)7-8(13)12-9(11)14-7/h1-4,7H,(H2,11,12,13). The van der Waals surface area contributed by atoms with Gasteiger partial charge in [0.2, 0.25) is 6.10 Å². The fourth-order valence-electron chi connectivity index (χ4n) is 1.25. The van der Waals surface area contributed by atoms with Crippen LogP contribution in [0.15, 0.2) is 29.3 Å². The van der Waals surface area contributed by atoms with E-state index in [1.54, 1.807) is 6.07 Å². The minimum absolute atomic E-state index is 0.154. The molecule has 2 N–H and O–H groups in total. The van der Waals surface area contributed by atoms with Gasteiger partial charge < -0.3 is 10.5 Å². The molecule has 1 aliphatic rings. The summed E-state index contributed by atoms with van der Waals surface area (Å²) in [7, 11) is 0. The van der Waals surface area contributed by atoms with Crippen molar-refractivity contribution in [2.45, 2.75) is 6.10 Å². The Morgan fingerprint density at radius 1 is 1.43 bits per heavy atom. The van der Waals surface area contributed by atoms with Crippen molar-refractivity contribution in [3.05, 3.63) is 35.6 Å². The van der Waals surface area contributed by atoms with Crippen LogP contribution in [0.5, 0.6) is 0 Å². The third-order valence-electron chi connectivity index (χ3n) is 1.87. The Morgan fingerprint density at radius 3 is 2.71 bits per heavy atom. The number of amides is 1. The summed E-state index contributed by atoms with van der Waals surface area (Å²) in [4.78, 5) is 14.5. The average molecular weight is 194 g/mol. The number of carbonyl (C=O) groups excluding carboxylic acids is 1. The van der Waals surface area contributed by atoms with Gasteiger partial charge in [0.15, 0.2) is 0 Å². The molecule has 0 spiro atoms. The molecule has 72 valence electrons. The molecule has 4 nitrogen and oxygen atoms in total. The Morgan fingerprint density at radius 2 is 2.14 bits per heavy atom. The van der Waals surface area contributed by atoms with Gasteiger partial charge >= 0.3 is 0 Å². The third-order valence-corrected chi connectivity index (χ3v) is 1.87. The second-order valence-electron chi connectivity index (χ2n) is 2.81. The van der Waals surface area contributed by atoms with Crippen LogP contribution in [0.4, 0.5) is 4.39 Å². The number of ether oxygens (including phenoxy) is 1. The van der Waals surface area contributed by atoms with Crippen LogP contribution in [-0.4, -0.2) is 11.9 Å². The van der Waals surface area contributed by atoms with Gasteiger partial charge in [-0.3, -0.25) is 4.79 Å². The van der Waals surface area contributed by atoms with Gasteiger partial charge in [0.25, 0.3) is 11.9 Å². The minimum atomic E-state index is -1.03. The lowest BCUT2D eigenvalue weighted by Gasteiger charge is -2.08. The van der Waals surface area contributed by atoms with Gasteiger partial charge in [-0.1, -0.05) is 18.2 Å². The van der Waals surface area contributed by atoms with E-state index >= 15 is 0 Å². The summed E-state index contributed by atoms with van der Waals surface area (Å²) in [6, 6.07) is 5.64. The number of carbonyl (C=O) groups is 1. The van der Waals surface area contributed by atoms with Crippen molar-refractivity contribution in [3.8, 4) is 0 Å². The zero-order valence-electron chi connectivity index (χ0n) is 7.11. The normalized spacial score (nSPS) is 20.5. The van der Waals surface area contributed by atoms with Crippen LogP contribution in [0.1, 0.15) is 11.7 Å². The van der Waals surface area contributed by atoms with Gasteiger partial charge in [-0.15, -0.1) is 0 Å². The van der Waals surface area contributed by atoms with Crippen molar-refractivity contribution < 1.29 is 13.9 Å². The molecule has 14 heavy (non-hydrogen) atoms. The van der Waals surface area contributed by atoms with E-state index in [0.29, 0.717) is 0 Å². The first kappa shape index (κ1) is 8.68. The quantitative estimate of drug-likeness (QED) is 0.717. The Labute approximate surface area is 79.2 Å². The molecule has 0 fully saturated rings. The van der Waals surface area contributed by atoms with E-state index in [1.807, 2.05) is 0 Å². The number of hydrogen-bond donors (Lipinski definition) is 1. The first-order valence-corrected chi connectivity index (χ1v) is 3.97. The molecule has 0 saturated heterocycles. The van der Waals surface area contributed by atoms with Crippen LogP contribution >= 0.6 is 0 Å². The Hall–Kier alpha value is -1.91. The number of nitrogens with two attached hydrogens (primary N) is 1. The van der Waals surface area contributed by atoms with Crippen LogP contribution < -0.4 is 5.73 Å². The number of benzene rings is 1. The van der Waals surface area contributed by atoms with Gasteiger partial charge in [0.05, 0.1) is 0 Å². The van der Waals surface area contributed by atoms with Gasteiger partial charge in [-0.05, 0) is 6.07 Å².